The minimum absolute atomic E-state index is 0.208. The molecule has 3 unspecified atom stereocenters. The van der Waals surface area contributed by atoms with Crippen molar-refractivity contribution in [2.24, 2.45) is 0 Å². The van der Waals surface area contributed by atoms with Crippen LogP contribution in [0.4, 0.5) is 0 Å². The maximum absolute atomic E-state index is 12.7. The van der Waals surface area contributed by atoms with E-state index in [4.69, 9.17) is 18.9 Å². The number of carbonyl (C=O) groups is 2. The maximum Gasteiger partial charge on any atom is 0.306 e. The predicted octanol–water partition coefficient (Wildman–Crippen LogP) is 7.16. The monoisotopic (exact) mass is 710 g/mol. The van der Waals surface area contributed by atoms with Crippen molar-refractivity contribution in [2.75, 3.05) is 19.8 Å². The van der Waals surface area contributed by atoms with Gasteiger partial charge in [-0.05, 0) is 32.1 Å². The van der Waals surface area contributed by atoms with Crippen LogP contribution in [0.25, 0.3) is 0 Å². The van der Waals surface area contributed by atoms with Gasteiger partial charge in [0.25, 0.3) is 0 Å². The zero-order chi connectivity index (χ0) is 36.7. The first-order valence-corrected chi connectivity index (χ1v) is 19.6. The van der Waals surface area contributed by atoms with Gasteiger partial charge in [-0.3, -0.25) is 9.59 Å². The minimum Gasteiger partial charge on any atom is -0.462 e. The Labute approximate surface area is 302 Å². The Morgan fingerprint density at radius 3 is 1.76 bits per heavy atom. The van der Waals surface area contributed by atoms with Gasteiger partial charge in [-0.15, -0.1) is 0 Å². The Bertz CT molecular complexity index is 918. The Morgan fingerprint density at radius 1 is 0.640 bits per heavy atom. The Hall–Kier alpha value is -2.08. The molecule has 0 aromatic heterocycles. The summed E-state index contributed by atoms with van der Waals surface area (Å²) in [7, 11) is 0. The lowest BCUT2D eigenvalue weighted by molar-refractivity contribution is -0.305. The van der Waals surface area contributed by atoms with E-state index in [1.165, 1.54) is 57.8 Å². The van der Waals surface area contributed by atoms with E-state index in [2.05, 4.69) is 32.1 Å². The fourth-order valence-corrected chi connectivity index (χ4v) is 5.72. The summed E-state index contributed by atoms with van der Waals surface area (Å²) in [5.41, 5.74) is 0. The van der Waals surface area contributed by atoms with Crippen molar-refractivity contribution in [1.29, 1.82) is 0 Å². The molecule has 0 aromatic rings. The standard InChI is InChI=1S/C40H70O10/c1-3-5-7-9-11-13-15-17-19-21-23-25-27-29-36(43)49-33(32-48-40-39(46)38(45)37(44)34(30-41)50-40)31-47-35(42)28-26-24-22-20-18-16-14-12-10-8-6-4-2/h5,7,9,11,13,15,33-34,37-41,44-46H,3-4,6,8,10,12,14,16-32H2,1-2H3/b7-5+,11-9+,15-13+/t33?,34-,37+,38?,39?,40-/m0/s1. The van der Waals surface area contributed by atoms with Crippen molar-refractivity contribution >= 4 is 11.9 Å². The molecule has 1 fully saturated rings. The molecule has 10 heteroatoms. The lowest BCUT2D eigenvalue weighted by Crippen LogP contribution is -2.59. The molecule has 6 atom stereocenters. The van der Waals surface area contributed by atoms with Gasteiger partial charge in [0.15, 0.2) is 12.4 Å². The van der Waals surface area contributed by atoms with Crippen molar-refractivity contribution in [3.63, 3.8) is 0 Å². The summed E-state index contributed by atoms with van der Waals surface area (Å²) in [6.45, 7) is 3.24. The molecule has 0 saturated carbocycles. The molecule has 0 aliphatic carbocycles. The molecule has 4 N–H and O–H groups in total. The third-order valence-corrected chi connectivity index (χ3v) is 8.85. The smallest absolute Gasteiger partial charge is 0.306 e. The van der Waals surface area contributed by atoms with Crippen molar-refractivity contribution < 1.29 is 49.0 Å². The van der Waals surface area contributed by atoms with E-state index in [0.717, 1.165) is 57.8 Å². The quantitative estimate of drug-likeness (QED) is 0.0331. The second-order valence-corrected chi connectivity index (χ2v) is 13.4. The second kappa shape index (κ2) is 31.6. The van der Waals surface area contributed by atoms with Gasteiger partial charge >= 0.3 is 11.9 Å². The van der Waals surface area contributed by atoms with Crippen molar-refractivity contribution in [1.82, 2.24) is 0 Å². The number of allylic oxidation sites excluding steroid dienone is 6. The largest absolute Gasteiger partial charge is 0.462 e. The third kappa shape index (κ3) is 23.4. The molecule has 1 saturated heterocycles. The van der Waals surface area contributed by atoms with Crippen molar-refractivity contribution in [3.05, 3.63) is 36.5 Å². The van der Waals surface area contributed by atoms with E-state index in [1.54, 1.807) is 0 Å². The fraction of sp³-hybridized carbons (Fsp3) is 0.800. The summed E-state index contributed by atoms with van der Waals surface area (Å²) in [5, 5.41) is 39.9. The number of rotatable bonds is 31. The van der Waals surface area contributed by atoms with Crippen LogP contribution in [-0.4, -0.2) is 89.0 Å². The predicted molar refractivity (Wildman–Crippen MR) is 196 cm³/mol. The van der Waals surface area contributed by atoms with Gasteiger partial charge < -0.3 is 39.4 Å². The summed E-state index contributed by atoms with van der Waals surface area (Å²) in [6, 6.07) is 0. The normalized spacial score (nSPS) is 21.8. The maximum atomic E-state index is 12.7. The van der Waals surface area contributed by atoms with Crippen LogP contribution in [-0.2, 0) is 28.5 Å². The van der Waals surface area contributed by atoms with Crippen LogP contribution in [0.1, 0.15) is 149 Å². The molecule has 0 spiro atoms. The van der Waals surface area contributed by atoms with Gasteiger partial charge in [0, 0.05) is 12.8 Å². The van der Waals surface area contributed by atoms with E-state index >= 15 is 0 Å². The summed E-state index contributed by atoms with van der Waals surface area (Å²) in [6.07, 6.45) is 25.8. The van der Waals surface area contributed by atoms with Crippen LogP contribution < -0.4 is 0 Å². The van der Waals surface area contributed by atoms with Crippen molar-refractivity contribution in [2.45, 2.75) is 185 Å². The summed E-state index contributed by atoms with van der Waals surface area (Å²) in [5.74, 6) is -0.832. The highest BCUT2D eigenvalue weighted by Crippen LogP contribution is 2.22. The number of aliphatic hydroxyl groups excluding tert-OH is 4. The number of ether oxygens (including phenoxy) is 4. The van der Waals surface area contributed by atoms with E-state index < -0.39 is 49.4 Å². The van der Waals surface area contributed by atoms with E-state index in [1.807, 2.05) is 18.2 Å². The Kier molecular flexibility index (Phi) is 29.1. The molecule has 50 heavy (non-hydrogen) atoms. The lowest BCUT2D eigenvalue weighted by atomic mass is 9.99. The summed E-state index contributed by atoms with van der Waals surface area (Å²) < 4.78 is 22.0. The van der Waals surface area contributed by atoms with Gasteiger partial charge in [0.2, 0.25) is 0 Å². The van der Waals surface area contributed by atoms with Gasteiger partial charge in [-0.1, -0.05) is 140 Å². The first-order valence-electron chi connectivity index (χ1n) is 19.6. The van der Waals surface area contributed by atoms with Crippen LogP contribution in [0.3, 0.4) is 0 Å². The Balaban J connectivity index is 2.41. The van der Waals surface area contributed by atoms with E-state index in [-0.39, 0.29) is 32.0 Å². The molecule has 1 rings (SSSR count). The highest BCUT2D eigenvalue weighted by Gasteiger charge is 2.44. The number of hydrogen-bond donors (Lipinski definition) is 4. The topological polar surface area (TPSA) is 152 Å². The SMILES string of the molecule is CC/C=C/C=C/C=C/CCCCCCCC(=O)OC(COC(=O)CCCCCCCCCCCCCC)CO[C@H]1O[C@@H](CO)[C@@H](O)C(O)C1O. The van der Waals surface area contributed by atoms with Crippen molar-refractivity contribution in [3.8, 4) is 0 Å². The van der Waals surface area contributed by atoms with Gasteiger partial charge in [-0.2, -0.15) is 0 Å². The molecule has 10 nitrogen and oxygen atoms in total. The van der Waals surface area contributed by atoms with E-state index in [0.29, 0.717) is 6.42 Å². The first-order chi connectivity index (χ1) is 24.3. The highest BCUT2D eigenvalue weighted by molar-refractivity contribution is 5.70. The highest BCUT2D eigenvalue weighted by atomic mass is 16.7. The molecule has 0 bridgehead atoms. The molecule has 0 aromatic carbocycles. The van der Waals surface area contributed by atoms with Crippen LogP contribution in [0, 0.1) is 0 Å². The summed E-state index contributed by atoms with van der Waals surface area (Å²) in [4.78, 5) is 25.2. The second-order valence-electron chi connectivity index (χ2n) is 13.4. The molecule has 290 valence electrons. The number of unbranched alkanes of at least 4 members (excludes halogenated alkanes) is 16. The molecule has 0 radical (unpaired) electrons. The summed E-state index contributed by atoms with van der Waals surface area (Å²) >= 11 is 0. The molecule has 1 aliphatic rings. The van der Waals surface area contributed by atoms with E-state index in [9.17, 15) is 30.0 Å². The first kappa shape index (κ1) is 45.9. The zero-order valence-corrected chi connectivity index (χ0v) is 31.1. The van der Waals surface area contributed by atoms with Crippen LogP contribution in [0.5, 0.6) is 0 Å². The van der Waals surface area contributed by atoms with Gasteiger partial charge in [0.05, 0.1) is 13.2 Å². The van der Waals surface area contributed by atoms with Gasteiger partial charge in [0.1, 0.15) is 31.0 Å². The fourth-order valence-electron chi connectivity index (χ4n) is 5.72. The van der Waals surface area contributed by atoms with Crippen LogP contribution >= 0.6 is 0 Å². The molecule has 1 aliphatic heterocycles. The molecular formula is C40H70O10. The number of hydrogen-bond acceptors (Lipinski definition) is 10. The molecular weight excluding hydrogens is 640 g/mol. The Morgan fingerprint density at radius 2 is 1.18 bits per heavy atom. The number of esters is 2. The molecule has 0 amide bonds. The van der Waals surface area contributed by atoms with Crippen LogP contribution in [0.15, 0.2) is 36.5 Å². The average Bonchev–Trinajstić information content (AvgIpc) is 3.11. The van der Waals surface area contributed by atoms with Crippen LogP contribution in [0.2, 0.25) is 0 Å². The minimum atomic E-state index is -1.60. The average molecular weight is 711 g/mol. The number of aliphatic hydroxyl groups is 4. The number of carbonyl (C=O) groups excluding carboxylic acids is 2. The lowest BCUT2D eigenvalue weighted by Gasteiger charge is -2.39. The zero-order valence-electron chi connectivity index (χ0n) is 31.1. The molecule has 1 heterocycles. The third-order valence-electron chi connectivity index (χ3n) is 8.85. The van der Waals surface area contributed by atoms with Gasteiger partial charge in [-0.25, -0.2) is 0 Å².